The zero-order valence-electron chi connectivity index (χ0n) is 13.7. The third-order valence-electron chi connectivity index (χ3n) is 2.60. The van der Waals surface area contributed by atoms with Gasteiger partial charge in [-0.25, -0.2) is 9.18 Å². The van der Waals surface area contributed by atoms with Crippen LogP contribution in [-0.2, 0) is 4.74 Å². The van der Waals surface area contributed by atoms with Gasteiger partial charge in [-0.2, -0.15) is 11.8 Å². The normalized spacial score (nSPS) is 11.1. The highest BCUT2D eigenvalue weighted by Crippen LogP contribution is 2.23. The zero-order chi connectivity index (χ0) is 16.6. The number of nitrogens with one attached hydrogen (secondary N) is 2. The number of carbonyl (C=O) groups excluding carboxylic acids is 1. The third kappa shape index (κ3) is 7.54. The molecule has 1 aromatic carbocycles. The first-order chi connectivity index (χ1) is 10.3. The molecule has 4 nitrogen and oxygen atoms in total. The Morgan fingerprint density at radius 2 is 2.05 bits per heavy atom. The Morgan fingerprint density at radius 1 is 1.32 bits per heavy atom. The van der Waals surface area contributed by atoms with E-state index in [0.29, 0.717) is 11.4 Å². The van der Waals surface area contributed by atoms with Crippen molar-refractivity contribution in [3.63, 3.8) is 0 Å². The molecule has 6 heteroatoms. The summed E-state index contributed by atoms with van der Waals surface area (Å²) in [4.78, 5) is 11.8. The number of carbonyl (C=O) groups is 1. The molecule has 2 N–H and O–H groups in total. The van der Waals surface area contributed by atoms with Gasteiger partial charge in [0.15, 0.2) is 0 Å². The van der Waals surface area contributed by atoms with E-state index in [9.17, 15) is 9.18 Å². The van der Waals surface area contributed by atoms with E-state index in [4.69, 9.17) is 4.74 Å². The smallest absolute Gasteiger partial charge is 0.412 e. The quantitative estimate of drug-likeness (QED) is 0.711. The van der Waals surface area contributed by atoms with Crippen molar-refractivity contribution in [2.45, 2.75) is 39.7 Å². The van der Waals surface area contributed by atoms with Crippen LogP contribution in [0.5, 0.6) is 0 Å². The number of benzene rings is 1. The van der Waals surface area contributed by atoms with Gasteiger partial charge in [0.2, 0.25) is 0 Å². The third-order valence-corrected chi connectivity index (χ3v) is 3.59. The lowest BCUT2D eigenvalue weighted by Gasteiger charge is -2.20. The first-order valence-corrected chi connectivity index (χ1v) is 8.58. The average Bonchev–Trinajstić information content (AvgIpc) is 2.39. The highest BCUT2D eigenvalue weighted by Gasteiger charge is 2.17. The van der Waals surface area contributed by atoms with Crippen molar-refractivity contribution < 1.29 is 13.9 Å². The molecule has 0 aliphatic carbocycles. The molecule has 0 atom stereocenters. The maximum Gasteiger partial charge on any atom is 0.412 e. The van der Waals surface area contributed by atoms with Crippen LogP contribution in [0.1, 0.15) is 34.1 Å². The van der Waals surface area contributed by atoms with Crippen LogP contribution in [0.3, 0.4) is 0 Å². The molecule has 0 saturated heterocycles. The lowest BCUT2D eigenvalue weighted by molar-refractivity contribution is 0.0636. The number of anilines is 2. The van der Waals surface area contributed by atoms with Crippen molar-refractivity contribution in [2.24, 2.45) is 0 Å². The summed E-state index contributed by atoms with van der Waals surface area (Å²) in [7, 11) is 0. The number of thioether (sulfide) groups is 1. The molecule has 1 amide bonds. The van der Waals surface area contributed by atoms with Crippen molar-refractivity contribution in [3.8, 4) is 0 Å². The van der Waals surface area contributed by atoms with E-state index < -0.39 is 11.7 Å². The molecule has 0 bridgehead atoms. The summed E-state index contributed by atoms with van der Waals surface area (Å²) in [5.41, 5.74) is 0.501. The lowest BCUT2D eigenvalue weighted by Crippen LogP contribution is -2.27. The summed E-state index contributed by atoms with van der Waals surface area (Å²) in [6.45, 7) is 8.22. The summed E-state index contributed by atoms with van der Waals surface area (Å²) in [5, 5.41) is 5.81. The van der Waals surface area contributed by atoms with Gasteiger partial charge in [-0.15, -0.1) is 0 Å². The van der Waals surface area contributed by atoms with Gasteiger partial charge in [0.1, 0.15) is 11.4 Å². The molecule has 0 heterocycles. The van der Waals surface area contributed by atoms with Crippen LogP contribution in [0.4, 0.5) is 20.6 Å². The molecular weight excluding hydrogens is 303 g/mol. The minimum atomic E-state index is -0.574. The Bertz CT molecular complexity index is 490. The minimum absolute atomic E-state index is 0.347. The van der Waals surface area contributed by atoms with Gasteiger partial charge in [-0.1, -0.05) is 6.92 Å². The Hall–Kier alpha value is -1.43. The van der Waals surface area contributed by atoms with E-state index in [1.807, 2.05) is 11.8 Å². The SMILES string of the molecule is CCSCCCNc1cc(F)ccc1NC(=O)OC(C)(C)C. The van der Waals surface area contributed by atoms with Crippen molar-refractivity contribution in [1.82, 2.24) is 0 Å². The maximum atomic E-state index is 13.4. The summed E-state index contributed by atoms with van der Waals surface area (Å²) in [5.74, 6) is 1.79. The lowest BCUT2D eigenvalue weighted by atomic mass is 10.2. The van der Waals surface area contributed by atoms with Crippen LogP contribution < -0.4 is 10.6 Å². The molecule has 0 spiro atoms. The molecule has 0 aromatic heterocycles. The molecule has 124 valence electrons. The Kier molecular flexibility index (Phi) is 7.51. The van der Waals surface area contributed by atoms with E-state index in [-0.39, 0.29) is 5.82 Å². The predicted molar refractivity (Wildman–Crippen MR) is 92.4 cm³/mol. The number of hydrogen-bond acceptors (Lipinski definition) is 4. The van der Waals surface area contributed by atoms with E-state index in [0.717, 1.165) is 24.5 Å². The van der Waals surface area contributed by atoms with E-state index in [2.05, 4.69) is 17.6 Å². The van der Waals surface area contributed by atoms with Gasteiger partial charge in [0.25, 0.3) is 0 Å². The second-order valence-corrected chi connectivity index (χ2v) is 7.19. The fourth-order valence-electron chi connectivity index (χ4n) is 1.73. The van der Waals surface area contributed by atoms with Gasteiger partial charge in [-0.05, 0) is 56.9 Å². The molecule has 22 heavy (non-hydrogen) atoms. The van der Waals surface area contributed by atoms with Crippen molar-refractivity contribution >= 4 is 29.2 Å². The highest BCUT2D eigenvalue weighted by molar-refractivity contribution is 7.99. The van der Waals surface area contributed by atoms with Crippen LogP contribution in [0.15, 0.2) is 18.2 Å². The Labute approximate surface area is 136 Å². The standard InChI is InChI=1S/C16H25FN2O2S/c1-5-22-10-6-9-18-14-11-12(17)7-8-13(14)19-15(20)21-16(2,3)4/h7-8,11,18H,5-6,9-10H2,1-4H3,(H,19,20). The van der Waals surface area contributed by atoms with E-state index in [1.165, 1.54) is 18.2 Å². The monoisotopic (exact) mass is 328 g/mol. The first kappa shape index (κ1) is 18.6. The second kappa shape index (κ2) is 8.88. The van der Waals surface area contributed by atoms with Gasteiger partial charge >= 0.3 is 6.09 Å². The van der Waals surface area contributed by atoms with E-state index >= 15 is 0 Å². The number of amides is 1. The van der Waals surface area contributed by atoms with Gasteiger partial charge in [0.05, 0.1) is 11.4 Å². The topological polar surface area (TPSA) is 50.4 Å². The molecule has 0 aliphatic heterocycles. The fraction of sp³-hybridized carbons (Fsp3) is 0.562. The number of hydrogen-bond donors (Lipinski definition) is 2. The van der Waals surface area contributed by atoms with Crippen LogP contribution in [0, 0.1) is 5.82 Å². The Morgan fingerprint density at radius 3 is 2.68 bits per heavy atom. The van der Waals surface area contributed by atoms with Crippen molar-refractivity contribution in [2.75, 3.05) is 28.7 Å². The molecule has 1 rings (SSSR count). The fourth-order valence-corrected chi connectivity index (χ4v) is 2.36. The summed E-state index contributed by atoms with van der Waals surface area (Å²) >= 11 is 1.86. The van der Waals surface area contributed by atoms with Gasteiger partial charge in [0, 0.05) is 6.54 Å². The zero-order valence-corrected chi connectivity index (χ0v) is 14.5. The molecular formula is C16H25FN2O2S. The van der Waals surface area contributed by atoms with Crippen LogP contribution in [-0.4, -0.2) is 29.7 Å². The molecule has 1 aromatic rings. The molecule has 0 unspecified atom stereocenters. The first-order valence-electron chi connectivity index (χ1n) is 7.43. The van der Waals surface area contributed by atoms with Crippen molar-refractivity contribution in [3.05, 3.63) is 24.0 Å². The van der Waals surface area contributed by atoms with Gasteiger partial charge < -0.3 is 10.1 Å². The maximum absolute atomic E-state index is 13.4. The van der Waals surface area contributed by atoms with Crippen molar-refractivity contribution in [1.29, 1.82) is 0 Å². The molecule has 0 saturated carbocycles. The summed E-state index contributed by atoms with van der Waals surface area (Å²) in [6.07, 6.45) is 0.421. The van der Waals surface area contributed by atoms with Crippen LogP contribution in [0.2, 0.25) is 0 Å². The Balaban J connectivity index is 2.63. The largest absolute Gasteiger partial charge is 0.444 e. The molecule has 0 radical (unpaired) electrons. The minimum Gasteiger partial charge on any atom is -0.444 e. The average molecular weight is 328 g/mol. The van der Waals surface area contributed by atoms with E-state index in [1.54, 1.807) is 20.8 Å². The summed E-state index contributed by atoms with van der Waals surface area (Å²) in [6, 6.07) is 4.22. The second-order valence-electron chi connectivity index (χ2n) is 5.79. The summed E-state index contributed by atoms with van der Waals surface area (Å²) < 4.78 is 18.6. The molecule has 0 fully saturated rings. The van der Waals surface area contributed by atoms with Gasteiger partial charge in [-0.3, -0.25) is 5.32 Å². The number of rotatable bonds is 7. The van der Waals surface area contributed by atoms with Crippen LogP contribution >= 0.6 is 11.8 Å². The number of halogens is 1. The highest BCUT2D eigenvalue weighted by atomic mass is 32.2. The number of ether oxygens (including phenoxy) is 1. The van der Waals surface area contributed by atoms with Crippen LogP contribution in [0.25, 0.3) is 0 Å². The predicted octanol–water partition coefficient (Wildman–Crippen LogP) is 4.73. The molecule has 0 aliphatic rings.